The molecule has 1 aromatic heterocycles. The fraction of sp³-hybridized carbons (Fsp3) is 0.250. The molecule has 0 fully saturated rings. The SMILES string of the molecule is C[C@@H](OC(=O)CCCSc1ccc(Cl)cc1)c1nc2ccccc2c(=O)[nH]1. The van der Waals surface area contributed by atoms with Crippen LogP contribution in [0.2, 0.25) is 5.02 Å². The van der Waals surface area contributed by atoms with Gasteiger partial charge in [-0.1, -0.05) is 23.7 Å². The van der Waals surface area contributed by atoms with Crippen LogP contribution in [0.3, 0.4) is 0 Å². The van der Waals surface area contributed by atoms with Crippen LogP contribution in [0.4, 0.5) is 0 Å². The molecule has 3 rings (SSSR count). The van der Waals surface area contributed by atoms with Gasteiger partial charge < -0.3 is 9.72 Å². The lowest BCUT2D eigenvalue weighted by molar-refractivity contribution is -0.149. The van der Waals surface area contributed by atoms with Crippen molar-refractivity contribution in [2.75, 3.05) is 5.75 Å². The second-order valence-electron chi connectivity index (χ2n) is 6.01. The van der Waals surface area contributed by atoms with E-state index in [2.05, 4.69) is 9.97 Å². The fourth-order valence-corrected chi connectivity index (χ4v) is 3.53. The Morgan fingerprint density at radius 2 is 1.96 bits per heavy atom. The van der Waals surface area contributed by atoms with E-state index in [9.17, 15) is 9.59 Å². The van der Waals surface area contributed by atoms with E-state index in [4.69, 9.17) is 16.3 Å². The maximum absolute atomic E-state index is 12.1. The smallest absolute Gasteiger partial charge is 0.306 e. The highest BCUT2D eigenvalue weighted by Gasteiger charge is 2.15. The number of halogens is 1. The second kappa shape index (κ2) is 9.06. The number of nitrogens with zero attached hydrogens (tertiary/aromatic N) is 1. The third kappa shape index (κ3) is 5.34. The van der Waals surface area contributed by atoms with Gasteiger partial charge in [-0.2, -0.15) is 0 Å². The summed E-state index contributed by atoms with van der Waals surface area (Å²) in [6.45, 7) is 1.70. The first-order valence-electron chi connectivity index (χ1n) is 8.60. The lowest BCUT2D eigenvalue weighted by Crippen LogP contribution is -2.17. The number of thioether (sulfide) groups is 1. The third-order valence-electron chi connectivity index (χ3n) is 3.93. The molecule has 1 heterocycles. The number of fused-ring (bicyclic) bond motifs is 1. The molecule has 0 unspecified atom stereocenters. The molecular weight excluding hydrogens is 384 g/mol. The largest absolute Gasteiger partial charge is 0.454 e. The van der Waals surface area contributed by atoms with E-state index < -0.39 is 6.10 Å². The van der Waals surface area contributed by atoms with Gasteiger partial charge in [0.25, 0.3) is 5.56 Å². The van der Waals surface area contributed by atoms with E-state index in [-0.39, 0.29) is 11.5 Å². The lowest BCUT2D eigenvalue weighted by Gasteiger charge is -2.13. The maximum Gasteiger partial charge on any atom is 0.306 e. The van der Waals surface area contributed by atoms with Gasteiger partial charge in [0.1, 0.15) is 0 Å². The number of carbonyl (C=O) groups excluding carboxylic acids is 1. The van der Waals surface area contributed by atoms with E-state index in [1.54, 1.807) is 36.9 Å². The van der Waals surface area contributed by atoms with Crippen LogP contribution in [0.5, 0.6) is 0 Å². The van der Waals surface area contributed by atoms with Crippen molar-refractivity contribution < 1.29 is 9.53 Å². The molecule has 0 amide bonds. The molecule has 0 spiro atoms. The zero-order valence-electron chi connectivity index (χ0n) is 14.8. The molecule has 0 aliphatic carbocycles. The molecule has 140 valence electrons. The van der Waals surface area contributed by atoms with Crippen molar-refractivity contribution in [1.82, 2.24) is 9.97 Å². The van der Waals surface area contributed by atoms with Gasteiger partial charge in [0, 0.05) is 16.3 Å². The summed E-state index contributed by atoms with van der Waals surface area (Å²) in [6.07, 6.45) is 0.391. The van der Waals surface area contributed by atoms with E-state index in [0.29, 0.717) is 34.6 Å². The number of nitrogens with one attached hydrogen (secondary N) is 1. The zero-order chi connectivity index (χ0) is 19.2. The number of hydrogen-bond acceptors (Lipinski definition) is 5. The number of ether oxygens (including phenoxy) is 1. The van der Waals surface area contributed by atoms with Crippen LogP contribution in [0.25, 0.3) is 10.9 Å². The first kappa shape index (κ1) is 19.5. The van der Waals surface area contributed by atoms with Crippen molar-refractivity contribution in [3.63, 3.8) is 0 Å². The van der Waals surface area contributed by atoms with Gasteiger partial charge in [-0.15, -0.1) is 11.8 Å². The second-order valence-corrected chi connectivity index (χ2v) is 7.61. The minimum atomic E-state index is -0.612. The molecule has 5 nitrogen and oxygen atoms in total. The summed E-state index contributed by atoms with van der Waals surface area (Å²) >= 11 is 7.52. The molecule has 0 radical (unpaired) electrons. The molecule has 0 bridgehead atoms. The van der Waals surface area contributed by atoms with Crippen LogP contribution >= 0.6 is 23.4 Å². The number of rotatable bonds is 7. The predicted octanol–water partition coefficient (Wildman–Crippen LogP) is 4.75. The van der Waals surface area contributed by atoms with Crippen molar-refractivity contribution in [1.29, 1.82) is 0 Å². The first-order chi connectivity index (χ1) is 13.0. The molecule has 0 aliphatic heterocycles. The normalized spacial score (nSPS) is 12.1. The Bertz CT molecular complexity index is 988. The van der Waals surface area contributed by atoms with Gasteiger partial charge in [0.05, 0.1) is 10.9 Å². The maximum atomic E-state index is 12.1. The molecule has 0 saturated carbocycles. The summed E-state index contributed by atoms with van der Waals surface area (Å²) < 4.78 is 5.41. The molecule has 1 atom stereocenters. The monoisotopic (exact) mass is 402 g/mol. The quantitative estimate of drug-likeness (QED) is 0.350. The number of esters is 1. The van der Waals surface area contributed by atoms with Gasteiger partial charge in [0.15, 0.2) is 11.9 Å². The molecule has 7 heteroatoms. The molecule has 1 N–H and O–H groups in total. The topological polar surface area (TPSA) is 72.0 Å². The average molecular weight is 403 g/mol. The highest BCUT2D eigenvalue weighted by atomic mass is 35.5. The van der Waals surface area contributed by atoms with E-state index >= 15 is 0 Å². The van der Waals surface area contributed by atoms with Crippen molar-refractivity contribution in [3.8, 4) is 0 Å². The van der Waals surface area contributed by atoms with Crippen LogP contribution in [0.1, 0.15) is 31.7 Å². The minimum Gasteiger partial charge on any atom is -0.454 e. The standard InChI is InChI=1S/C20H19ClN2O3S/c1-13(19-22-17-6-3-2-5-16(17)20(25)23-19)26-18(24)7-4-12-27-15-10-8-14(21)9-11-15/h2-3,5-6,8-11,13H,4,7,12H2,1H3,(H,22,23,25)/t13-/m1/s1. The molecule has 0 saturated heterocycles. The van der Waals surface area contributed by atoms with Crippen LogP contribution in [0.15, 0.2) is 58.2 Å². The van der Waals surface area contributed by atoms with Crippen LogP contribution in [-0.2, 0) is 9.53 Å². The number of aromatic nitrogens is 2. The molecule has 0 aliphatic rings. The number of carbonyl (C=O) groups is 1. The van der Waals surface area contributed by atoms with Gasteiger partial charge in [-0.05, 0) is 55.5 Å². The average Bonchev–Trinajstić information content (AvgIpc) is 2.66. The zero-order valence-corrected chi connectivity index (χ0v) is 16.3. The Labute approximate surface area is 166 Å². The highest BCUT2D eigenvalue weighted by molar-refractivity contribution is 7.99. The molecule has 3 aromatic rings. The summed E-state index contributed by atoms with van der Waals surface area (Å²) in [5.74, 6) is 0.841. The molecule has 2 aromatic carbocycles. The molecular formula is C20H19ClN2O3S. The molecule has 27 heavy (non-hydrogen) atoms. The summed E-state index contributed by atoms with van der Waals surface area (Å²) in [5, 5.41) is 1.22. The Hall–Kier alpha value is -2.31. The minimum absolute atomic E-state index is 0.238. The van der Waals surface area contributed by atoms with Gasteiger partial charge in [-0.25, -0.2) is 4.98 Å². The number of aromatic amines is 1. The van der Waals surface area contributed by atoms with Crippen LogP contribution in [0, 0.1) is 0 Å². The van der Waals surface area contributed by atoms with Gasteiger partial charge in [-0.3, -0.25) is 9.59 Å². The summed E-state index contributed by atoms with van der Waals surface area (Å²) in [6, 6.07) is 14.7. The predicted molar refractivity (Wildman–Crippen MR) is 108 cm³/mol. The third-order valence-corrected chi connectivity index (χ3v) is 5.28. The highest BCUT2D eigenvalue weighted by Crippen LogP contribution is 2.22. The van der Waals surface area contributed by atoms with E-state index in [1.807, 2.05) is 30.3 Å². The Morgan fingerprint density at radius 1 is 1.22 bits per heavy atom. The van der Waals surface area contributed by atoms with Crippen LogP contribution in [-0.4, -0.2) is 21.7 Å². The van der Waals surface area contributed by atoms with E-state index in [0.717, 1.165) is 10.6 Å². The number of benzene rings is 2. The number of H-pyrrole nitrogens is 1. The first-order valence-corrected chi connectivity index (χ1v) is 9.96. The van der Waals surface area contributed by atoms with Crippen molar-refractivity contribution in [2.45, 2.75) is 30.8 Å². The van der Waals surface area contributed by atoms with Crippen molar-refractivity contribution >= 4 is 40.2 Å². The Morgan fingerprint density at radius 3 is 2.74 bits per heavy atom. The van der Waals surface area contributed by atoms with Gasteiger partial charge in [0.2, 0.25) is 0 Å². The fourth-order valence-electron chi connectivity index (χ4n) is 2.55. The summed E-state index contributed by atoms with van der Waals surface area (Å²) in [5.41, 5.74) is 0.344. The number of para-hydroxylation sites is 1. The Balaban J connectivity index is 1.50. The lowest BCUT2D eigenvalue weighted by atomic mass is 10.2. The summed E-state index contributed by atoms with van der Waals surface area (Å²) in [7, 11) is 0. The van der Waals surface area contributed by atoms with E-state index in [1.165, 1.54) is 0 Å². The Kier molecular flexibility index (Phi) is 6.53. The van der Waals surface area contributed by atoms with Crippen LogP contribution < -0.4 is 5.56 Å². The summed E-state index contributed by atoms with van der Waals surface area (Å²) in [4.78, 5) is 32.4. The van der Waals surface area contributed by atoms with Gasteiger partial charge >= 0.3 is 5.97 Å². The number of hydrogen-bond donors (Lipinski definition) is 1. The van der Waals surface area contributed by atoms with Crippen molar-refractivity contribution in [3.05, 3.63) is 69.7 Å². The van der Waals surface area contributed by atoms with Crippen molar-refractivity contribution in [2.24, 2.45) is 0 Å².